The molecule has 0 fully saturated rings. The molecule has 2 rings (SSSR count). The maximum absolute atomic E-state index is 11.1. The molecule has 0 aromatic carbocycles. The SMILES string of the molecule is O=C1CC2=C(CCCCC2)C1. The summed E-state index contributed by atoms with van der Waals surface area (Å²) in [5, 5.41) is 0. The van der Waals surface area contributed by atoms with E-state index in [2.05, 4.69) is 0 Å². The van der Waals surface area contributed by atoms with Crippen molar-refractivity contribution in [3.05, 3.63) is 11.1 Å². The minimum absolute atomic E-state index is 0.455. The lowest BCUT2D eigenvalue weighted by Crippen LogP contribution is -1.90. The molecule has 0 heterocycles. The molecule has 0 atom stereocenters. The third-order valence-electron chi connectivity index (χ3n) is 2.78. The number of carbonyl (C=O) groups excluding carboxylic acids is 1. The van der Waals surface area contributed by atoms with Gasteiger partial charge in [-0.15, -0.1) is 0 Å². The highest BCUT2D eigenvalue weighted by atomic mass is 16.1. The first-order valence-corrected chi connectivity index (χ1v) is 4.58. The van der Waals surface area contributed by atoms with Crippen LogP contribution in [0.3, 0.4) is 0 Å². The van der Waals surface area contributed by atoms with Gasteiger partial charge in [0, 0.05) is 12.8 Å². The molecule has 60 valence electrons. The summed E-state index contributed by atoms with van der Waals surface area (Å²) in [6, 6.07) is 0. The summed E-state index contributed by atoms with van der Waals surface area (Å²) in [5.41, 5.74) is 2.99. The van der Waals surface area contributed by atoms with Crippen LogP contribution in [0, 0.1) is 0 Å². The lowest BCUT2D eigenvalue weighted by atomic mass is 10.1. The van der Waals surface area contributed by atoms with Crippen molar-refractivity contribution < 1.29 is 4.79 Å². The number of hydrogen-bond donors (Lipinski definition) is 0. The molecule has 2 aliphatic rings. The zero-order valence-corrected chi connectivity index (χ0v) is 6.86. The number of rotatable bonds is 0. The van der Waals surface area contributed by atoms with Crippen LogP contribution in [0.4, 0.5) is 0 Å². The summed E-state index contributed by atoms with van der Waals surface area (Å²) in [6.07, 6.45) is 7.98. The van der Waals surface area contributed by atoms with Crippen molar-refractivity contribution in [3.63, 3.8) is 0 Å². The van der Waals surface area contributed by atoms with E-state index in [-0.39, 0.29) is 0 Å². The fourth-order valence-electron chi connectivity index (χ4n) is 2.17. The highest BCUT2D eigenvalue weighted by Gasteiger charge is 2.21. The maximum atomic E-state index is 11.1. The zero-order valence-electron chi connectivity index (χ0n) is 6.86. The summed E-state index contributed by atoms with van der Waals surface area (Å²) >= 11 is 0. The van der Waals surface area contributed by atoms with Gasteiger partial charge in [-0.25, -0.2) is 0 Å². The molecule has 0 saturated carbocycles. The van der Waals surface area contributed by atoms with E-state index in [0.29, 0.717) is 5.78 Å². The summed E-state index contributed by atoms with van der Waals surface area (Å²) in [7, 11) is 0. The quantitative estimate of drug-likeness (QED) is 0.485. The third kappa shape index (κ3) is 1.37. The summed E-state index contributed by atoms with van der Waals surface area (Å²) in [6.45, 7) is 0. The molecule has 1 nitrogen and oxygen atoms in total. The van der Waals surface area contributed by atoms with Gasteiger partial charge < -0.3 is 0 Å². The Morgan fingerprint density at radius 2 is 1.36 bits per heavy atom. The molecule has 0 saturated heterocycles. The second-order valence-electron chi connectivity index (χ2n) is 3.66. The first-order valence-electron chi connectivity index (χ1n) is 4.58. The van der Waals surface area contributed by atoms with Gasteiger partial charge in [-0.3, -0.25) is 4.79 Å². The van der Waals surface area contributed by atoms with Crippen molar-refractivity contribution in [1.29, 1.82) is 0 Å². The summed E-state index contributed by atoms with van der Waals surface area (Å²) < 4.78 is 0. The van der Waals surface area contributed by atoms with Crippen molar-refractivity contribution >= 4 is 5.78 Å². The standard InChI is InChI=1S/C10H14O/c11-10-6-8-4-2-1-3-5-9(8)7-10/h1-7H2. The molecule has 0 bridgehead atoms. The average Bonchev–Trinajstić information content (AvgIpc) is 2.17. The predicted octanol–water partition coefficient (Wildman–Crippen LogP) is 2.61. The molecule has 1 heteroatoms. The molecule has 0 aromatic heterocycles. The number of carbonyl (C=O) groups is 1. The van der Waals surface area contributed by atoms with Crippen molar-refractivity contribution in [2.24, 2.45) is 0 Å². The largest absolute Gasteiger partial charge is 0.299 e. The number of Topliss-reactive ketones (excluding diaryl/α,β-unsaturated/α-hetero) is 1. The number of allylic oxidation sites excluding steroid dienone is 2. The molecule has 0 aromatic rings. The Bertz CT molecular complexity index is 193. The van der Waals surface area contributed by atoms with E-state index in [1.807, 2.05) is 0 Å². The second kappa shape index (κ2) is 2.80. The summed E-state index contributed by atoms with van der Waals surface area (Å²) in [5.74, 6) is 0.455. The Morgan fingerprint density at radius 1 is 0.818 bits per heavy atom. The number of hydrogen-bond acceptors (Lipinski definition) is 1. The minimum Gasteiger partial charge on any atom is -0.299 e. The van der Waals surface area contributed by atoms with E-state index in [4.69, 9.17) is 0 Å². The third-order valence-corrected chi connectivity index (χ3v) is 2.78. The Morgan fingerprint density at radius 3 is 1.91 bits per heavy atom. The van der Waals surface area contributed by atoms with Crippen LogP contribution in [0.5, 0.6) is 0 Å². The van der Waals surface area contributed by atoms with Crippen LogP contribution in [-0.2, 0) is 4.79 Å². The molecule has 0 aliphatic heterocycles. The van der Waals surface area contributed by atoms with E-state index in [9.17, 15) is 4.79 Å². The molecule has 0 N–H and O–H groups in total. The summed E-state index contributed by atoms with van der Waals surface area (Å²) in [4.78, 5) is 11.1. The van der Waals surface area contributed by atoms with Gasteiger partial charge in [0.05, 0.1) is 0 Å². The predicted molar refractivity (Wildman–Crippen MR) is 44.4 cm³/mol. The van der Waals surface area contributed by atoms with Gasteiger partial charge in [-0.05, 0) is 25.7 Å². The van der Waals surface area contributed by atoms with Crippen LogP contribution >= 0.6 is 0 Å². The van der Waals surface area contributed by atoms with E-state index >= 15 is 0 Å². The Hall–Kier alpha value is -0.590. The molecule has 2 aliphatic carbocycles. The molecule has 0 unspecified atom stereocenters. The smallest absolute Gasteiger partial charge is 0.140 e. The van der Waals surface area contributed by atoms with Crippen molar-refractivity contribution in [1.82, 2.24) is 0 Å². The van der Waals surface area contributed by atoms with Crippen molar-refractivity contribution in [2.75, 3.05) is 0 Å². The van der Waals surface area contributed by atoms with Gasteiger partial charge >= 0.3 is 0 Å². The molecule has 11 heavy (non-hydrogen) atoms. The topological polar surface area (TPSA) is 17.1 Å². The van der Waals surface area contributed by atoms with Crippen molar-refractivity contribution in [2.45, 2.75) is 44.9 Å². The van der Waals surface area contributed by atoms with Gasteiger partial charge in [0.25, 0.3) is 0 Å². The van der Waals surface area contributed by atoms with E-state index in [0.717, 1.165) is 12.8 Å². The Balaban J connectivity index is 2.14. The monoisotopic (exact) mass is 150 g/mol. The molecular formula is C10H14O. The van der Waals surface area contributed by atoms with Crippen molar-refractivity contribution in [3.8, 4) is 0 Å². The molecular weight excluding hydrogens is 136 g/mol. The average molecular weight is 150 g/mol. The normalized spacial score (nSPS) is 25.3. The van der Waals surface area contributed by atoms with Crippen LogP contribution in [0.15, 0.2) is 11.1 Å². The first kappa shape index (κ1) is 7.08. The number of ketones is 1. The molecule has 0 spiro atoms. The van der Waals surface area contributed by atoms with Crippen LogP contribution < -0.4 is 0 Å². The Labute approximate surface area is 67.5 Å². The van der Waals surface area contributed by atoms with Gasteiger partial charge in [-0.1, -0.05) is 17.6 Å². The van der Waals surface area contributed by atoms with Gasteiger partial charge in [0.1, 0.15) is 5.78 Å². The van der Waals surface area contributed by atoms with Crippen LogP contribution in [0.2, 0.25) is 0 Å². The fraction of sp³-hybridized carbons (Fsp3) is 0.700. The highest BCUT2D eigenvalue weighted by Crippen LogP contribution is 2.33. The van der Waals surface area contributed by atoms with Gasteiger partial charge in [0.2, 0.25) is 0 Å². The fourth-order valence-corrected chi connectivity index (χ4v) is 2.17. The maximum Gasteiger partial charge on any atom is 0.140 e. The minimum atomic E-state index is 0.455. The second-order valence-corrected chi connectivity index (χ2v) is 3.66. The highest BCUT2D eigenvalue weighted by molar-refractivity contribution is 5.87. The lowest BCUT2D eigenvalue weighted by Gasteiger charge is -1.97. The van der Waals surface area contributed by atoms with Gasteiger partial charge in [0.15, 0.2) is 0 Å². The van der Waals surface area contributed by atoms with Crippen LogP contribution in [-0.4, -0.2) is 5.78 Å². The molecule has 0 amide bonds. The first-order chi connectivity index (χ1) is 5.36. The van der Waals surface area contributed by atoms with E-state index in [1.54, 1.807) is 0 Å². The lowest BCUT2D eigenvalue weighted by molar-refractivity contribution is -0.117. The Kier molecular flexibility index (Phi) is 1.80. The van der Waals surface area contributed by atoms with E-state index in [1.165, 1.54) is 43.3 Å². The van der Waals surface area contributed by atoms with Crippen LogP contribution in [0.1, 0.15) is 44.9 Å². The van der Waals surface area contributed by atoms with E-state index < -0.39 is 0 Å². The zero-order chi connectivity index (χ0) is 7.68. The molecule has 0 radical (unpaired) electrons. The van der Waals surface area contributed by atoms with Crippen LogP contribution in [0.25, 0.3) is 0 Å². The van der Waals surface area contributed by atoms with Gasteiger partial charge in [-0.2, -0.15) is 0 Å².